The van der Waals surface area contributed by atoms with E-state index in [4.69, 9.17) is 4.74 Å². The molecule has 0 aliphatic carbocycles. The fourth-order valence-electron chi connectivity index (χ4n) is 6.54. The first-order valence-electron chi connectivity index (χ1n) is 21.4. The molecule has 1 amide bonds. The topological polar surface area (TPSA) is 95.9 Å². The van der Waals surface area contributed by atoms with Gasteiger partial charge in [-0.25, -0.2) is 0 Å². The molecule has 290 valence electrons. The molecule has 0 heterocycles. The number of allylic oxidation sites excluding steroid dienone is 2. The number of carbonyl (C=O) groups is 2. The molecule has 0 spiro atoms. The molecule has 6 nitrogen and oxygen atoms in total. The molecular formula is C43H83NO5. The lowest BCUT2D eigenvalue weighted by atomic mass is 10.0. The van der Waals surface area contributed by atoms with E-state index in [-0.39, 0.29) is 24.9 Å². The molecule has 0 saturated carbocycles. The summed E-state index contributed by atoms with van der Waals surface area (Å²) in [6, 6.07) is -0.696. The van der Waals surface area contributed by atoms with Crippen molar-refractivity contribution in [2.75, 3.05) is 6.61 Å². The maximum absolute atomic E-state index is 13.0. The van der Waals surface area contributed by atoms with E-state index in [1.807, 2.05) is 0 Å². The standard InChI is InChI=1S/C43H83NO5/c1-4-7-10-13-16-19-22-25-28-31-34-39(49-43(48)36-33-30-27-24-21-18-15-12-9-6-3)37-42(47)44-40(38-45)41(46)35-32-29-26-23-20-17-14-11-8-5-2/h16,19,39-41,45-46H,4-15,17-18,20-38H2,1-3H3,(H,44,47)/b19-16-. The van der Waals surface area contributed by atoms with E-state index in [1.165, 1.54) is 109 Å². The van der Waals surface area contributed by atoms with Crippen molar-refractivity contribution in [1.82, 2.24) is 5.32 Å². The van der Waals surface area contributed by atoms with Gasteiger partial charge in [0, 0.05) is 6.42 Å². The first-order valence-corrected chi connectivity index (χ1v) is 21.4. The van der Waals surface area contributed by atoms with Gasteiger partial charge in [0.15, 0.2) is 0 Å². The summed E-state index contributed by atoms with van der Waals surface area (Å²) >= 11 is 0. The maximum atomic E-state index is 13.0. The Kier molecular flexibility index (Phi) is 36.8. The van der Waals surface area contributed by atoms with Crippen LogP contribution in [0.15, 0.2) is 12.2 Å². The highest BCUT2D eigenvalue weighted by molar-refractivity contribution is 5.77. The summed E-state index contributed by atoms with van der Waals surface area (Å²) < 4.78 is 5.86. The number of nitrogens with one attached hydrogen (secondary N) is 1. The first kappa shape index (κ1) is 47.6. The van der Waals surface area contributed by atoms with Gasteiger partial charge < -0.3 is 20.3 Å². The molecule has 0 aliphatic heterocycles. The molecule has 0 rings (SSSR count). The summed E-state index contributed by atoms with van der Waals surface area (Å²) in [5, 5.41) is 23.5. The smallest absolute Gasteiger partial charge is 0.306 e. The Morgan fingerprint density at radius 1 is 0.571 bits per heavy atom. The Hall–Kier alpha value is -1.40. The number of rotatable bonds is 38. The second kappa shape index (κ2) is 37.8. The molecular weight excluding hydrogens is 610 g/mol. The largest absolute Gasteiger partial charge is 0.462 e. The number of hydrogen-bond acceptors (Lipinski definition) is 5. The van der Waals surface area contributed by atoms with E-state index in [2.05, 4.69) is 38.2 Å². The minimum absolute atomic E-state index is 0.0720. The number of esters is 1. The lowest BCUT2D eigenvalue weighted by molar-refractivity contribution is -0.151. The SMILES string of the molecule is CCCCC/C=C\CCCCCC(CC(=O)NC(CO)C(O)CCCCCCCCCCCC)OC(=O)CCCCCCCCCCCC. The Morgan fingerprint density at radius 3 is 1.49 bits per heavy atom. The van der Waals surface area contributed by atoms with Crippen LogP contribution in [-0.4, -0.2) is 46.9 Å². The molecule has 0 aromatic heterocycles. The van der Waals surface area contributed by atoms with Crippen molar-refractivity contribution in [3.8, 4) is 0 Å². The molecule has 0 fully saturated rings. The predicted octanol–water partition coefficient (Wildman–Crippen LogP) is 11.8. The Labute approximate surface area is 304 Å². The molecule has 0 aliphatic rings. The highest BCUT2D eigenvalue weighted by atomic mass is 16.5. The van der Waals surface area contributed by atoms with Gasteiger partial charge in [-0.2, -0.15) is 0 Å². The maximum Gasteiger partial charge on any atom is 0.306 e. The lowest BCUT2D eigenvalue weighted by Crippen LogP contribution is -2.46. The van der Waals surface area contributed by atoms with Gasteiger partial charge in [-0.15, -0.1) is 0 Å². The summed E-state index contributed by atoms with van der Waals surface area (Å²) in [4.78, 5) is 25.8. The molecule has 0 aromatic carbocycles. The number of aliphatic hydroxyl groups is 2. The number of aliphatic hydroxyl groups excluding tert-OH is 2. The van der Waals surface area contributed by atoms with Gasteiger partial charge in [-0.3, -0.25) is 9.59 Å². The predicted molar refractivity (Wildman–Crippen MR) is 209 cm³/mol. The fourth-order valence-corrected chi connectivity index (χ4v) is 6.54. The van der Waals surface area contributed by atoms with Crippen LogP contribution in [0, 0.1) is 0 Å². The first-order chi connectivity index (χ1) is 24.0. The Bertz CT molecular complexity index is 742. The third-order valence-electron chi connectivity index (χ3n) is 9.84. The third kappa shape index (κ3) is 33.5. The van der Waals surface area contributed by atoms with Crippen LogP contribution < -0.4 is 5.32 Å². The van der Waals surface area contributed by atoms with Crippen LogP contribution in [0.1, 0.15) is 226 Å². The fraction of sp³-hybridized carbons (Fsp3) is 0.907. The van der Waals surface area contributed by atoms with E-state index in [0.29, 0.717) is 19.3 Å². The second-order valence-corrected chi connectivity index (χ2v) is 14.7. The molecule has 0 aromatic rings. The van der Waals surface area contributed by atoms with Gasteiger partial charge in [0.25, 0.3) is 0 Å². The number of hydrogen-bond donors (Lipinski definition) is 3. The van der Waals surface area contributed by atoms with Crippen molar-refractivity contribution < 1.29 is 24.5 Å². The molecule has 3 N–H and O–H groups in total. The highest BCUT2D eigenvalue weighted by Crippen LogP contribution is 2.17. The zero-order chi connectivity index (χ0) is 36.0. The summed E-state index contributed by atoms with van der Waals surface area (Å²) in [5.41, 5.74) is 0. The molecule has 0 bridgehead atoms. The number of carbonyl (C=O) groups excluding carboxylic acids is 2. The van der Waals surface area contributed by atoms with Crippen LogP contribution >= 0.6 is 0 Å². The highest BCUT2D eigenvalue weighted by Gasteiger charge is 2.24. The lowest BCUT2D eigenvalue weighted by Gasteiger charge is -2.24. The minimum atomic E-state index is -0.782. The Balaban J connectivity index is 4.59. The quantitative estimate of drug-likeness (QED) is 0.0340. The van der Waals surface area contributed by atoms with Crippen molar-refractivity contribution in [1.29, 1.82) is 0 Å². The van der Waals surface area contributed by atoms with Gasteiger partial charge in [-0.1, -0.05) is 174 Å². The third-order valence-corrected chi connectivity index (χ3v) is 9.84. The van der Waals surface area contributed by atoms with Crippen molar-refractivity contribution in [3.63, 3.8) is 0 Å². The van der Waals surface area contributed by atoms with E-state index >= 15 is 0 Å². The zero-order valence-corrected chi connectivity index (χ0v) is 32.8. The molecule has 6 heteroatoms. The van der Waals surface area contributed by atoms with Crippen LogP contribution in [-0.2, 0) is 14.3 Å². The molecule has 0 saturated heterocycles. The van der Waals surface area contributed by atoms with Crippen LogP contribution in [0.4, 0.5) is 0 Å². The monoisotopic (exact) mass is 694 g/mol. The van der Waals surface area contributed by atoms with Crippen LogP contribution in [0.5, 0.6) is 0 Å². The summed E-state index contributed by atoms with van der Waals surface area (Å²) in [6.45, 7) is 6.41. The zero-order valence-electron chi connectivity index (χ0n) is 32.8. The van der Waals surface area contributed by atoms with E-state index < -0.39 is 18.2 Å². The van der Waals surface area contributed by atoms with Gasteiger partial charge in [0.05, 0.1) is 25.2 Å². The summed E-state index contributed by atoms with van der Waals surface area (Å²) in [6.07, 6.45) is 38.4. The number of ether oxygens (including phenoxy) is 1. The van der Waals surface area contributed by atoms with Gasteiger partial charge >= 0.3 is 5.97 Å². The average molecular weight is 694 g/mol. The molecule has 3 atom stereocenters. The van der Waals surface area contributed by atoms with E-state index in [0.717, 1.165) is 70.6 Å². The summed E-state index contributed by atoms with van der Waals surface area (Å²) in [7, 11) is 0. The summed E-state index contributed by atoms with van der Waals surface area (Å²) in [5.74, 6) is -0.486. The number of amides is 1. The van der Waals surface area contributed by atoms with Crippen LogP contribution in [0.25, 0.3) is 0 Å². The molecule has 3 unspecified atom stereocenters. The van der Waals surface area contributed by atoms with Crippen molar-refractivity contribution in [2.45, 2.75) is 244 Å². The molecule has 0 radical (unpaired) electrons. The van der Waals surface area contributed by atoms with Crippen LogP contribution in [0.2, 0.25) is 0 Å². The van der Waals surface area contributed by atoms with E-state index in [9.17, 15) is 19.8 Å². The molecule has 49 heavy (non-hydrogen) atoms. The normalized spacial score (nSPS) is 13.5. The van der Waals surface area contributed by atoms with Crippen LogP contribution in [0.3, 0.4) is 0 Å². The van der Waals surface area contributed by atoms with Crippen molar-refractivity contribution in [2.24, 2.45) is 0 Å². The minimum Gasteiger partial charge on any atom is -0.462 e. The Morgan fingerprint density at radius 2 is 0.980 bits per heavy atom. The van der Waals surface area contributed by atoms with Gasteiger partial charge in [0.1, 0.15) is 6.10 Å². The average Bonchev–Trinajstić information content (AvgIpc) is 3.09. The van der Waals surface area contributed by atoms with Crippen molar-refractivity contribution in [3.05, 3.63) is 12.2 Å². The van der Waals surface area contributed by atoms with Gasteiger partial charge in [0.2, 0.25) is 5.91 Å². The van der Waals surface area contributed by atoms with E-state index in [1.54, 1.807) is 0 Å². The second-order valence-electron chi connectivity index (χ2n) is 14.7. The van der Waals surface area contributed by atoms with Crippen molar-refractivity contribution >= 4 is 11.9 Å². The van der Waals surface area contributed by atoms with Gasteiger partial charge in [-0.05, 0) is 51.4 Å². The number of unbranched alkanes of at least 4 members (excludes halogenated alkanes) is 24.